The van der Waals surface area contributed by atoms with Gasteiger partial charge < -0.3 is 15.4 Å². The first-order valence-corrected chi connectivity index (χ1v) is 10.8. The number of aryl methyl sites for hydroxylation is 1. The molecule has 0 saturated carbocycles. The minimum atomic E-state index is -1.12. The van der Waals surface area contributed by atoms with Crippen LogP contribution in [0.4, 0.5) is 4.39 Å². The lowest BCUT2D eigenvalue weighted by Crippen LogP contribution is -2.43. The van der Waals surface area contributed by atoms with Crippen LogP contribution in [0.15, 0.2) is 54.7 Å². The fourth-order valence-electron chi connectivity index (χ4n) is 4.47. The van der Waals surface area contributed by atoms with E-state index in [1.807, 2.05) is 0 Å². The first-order chi connectivity index (χ1) is 15.8. The van der Waals surface area contributed by atoms with E-state index in [0.717, 1.165) is 0 Å². The summed E-state index contributed by atoms with van der Waals surface area (Å²) < 4.78 is 20.0. The van der Waals surface area contributed by atoms with Gasteiger partial charge in [0.1, 0.15) is 17.6 Å². The number of ether oxygens (including phenoxy) is 1. The van der Waals surface area contributed by atoms with Gasteiger partial charge >= 0.3 is 0 Å². The second kappa shape index (κ2) is 9.19. The van der Waals surface area contributed by atoms with Crippen LogP contribution >= 0.6 is 11.6 Å². The molecule has 0 saturated heterocycles. The smallest absolute Gasteiger partial charge is 0.257 e. The van der Waals surface area contributed by atoms with Crippen molar-refractivity contribution in [3.05, 3.63) is 93.5 Å². The molecule has 0 unspecified atom stereocenters. The third-order valence-corrected chi connectivity index (χ3v) is 6.20. The van der Waals surface area contributed by atoms with Gasteiger partial charge in [-0.15, -0.1) is 0 Å². The van der Waals surface area contributed by atoms with Crippen molar-refractivity contribution in [2.75, 3.05) is 7.11 Å². The number of benzene rings is 2. The largest absolute Gasteiger partial charge is 0.497 e. The number of carbonyl (C=O) groups is 2. The lowest BCUT2D eigenvalue weighted by Gasteiger charge is -2.36. The van der Waals surface area contributed by atoms with E-state index in [-0.39, 0.29) is 5.02 Å². The Hall–Kier alpha value is -3.45. The third-order valence-electron chi connectivity index (χ3n) is 5.99. The quantitative estimate of drug-likeness (QED) is 0.576. The Kier molecular flexibility index (Phi) is 6.33. The van der Waals surface area contributed by atoms with Crippen molar-refractivity contribution in [2.45, 2.75) is 31.8 Å². The number of pyridine rings is 1. The molecule has 33 heavy (non-hydrogen) atoms. The van der Waals surface area contributed by atoms with Gasteiger partial charge in [0.2, 0.25) is 5.91 Å². The molecule has 1 aliphatic carbocycles. The lowest BCUT2D eigenvalue weighted by atomic mass is 9.97. The number of fused-ring (bicyclic) bond motifs is 1. The number of nitrogens with two attached hydrogens (primary N) is 1. The molecule has 0 spiro atoms. The van der Waals surface area contributed by atoms with Crippen molar-refractivity contribution in [1.29, 1.82) is 0 Å². The molecule has 0 bridgehead atoms. The molecule has 2 N–H and O–H groups in total. The molecule has 1 heterocycles. The normalized spacial score (nSPS) is 15.6. The Morgan fingerprint density at radius 1 is 1.24 bits per heavy atom. The van der Waals surface area contributed by atoms with E-state index in [4.69, 9.17) is 22.1 Å². The Balaban J connectivity index is 1.91. The van der Waals surface area contributed by atoms with Crippen LogP contribution in [0.2, 0.25) is 5.02 Å². The maximum atomic E-state index is 14.7. The molecule has 2 amide bonds. The van der Waals surface area contributed by atoms with E-state index in [0.29, 0.717) is 46.5 Å². The second-order valence-electron chi connectivity index (χ2n) is 7.94. The molecule has 1 aromatic heterocycles. The molecule has 0 fully saturated rings. The third kappa shape index (κ3) is 4.28. The first kappa shape index (κ1) is 22.7. The molecule has 4 rings (SSSR count). The summed E-state index contributed by atoms with van der Waals surface area (Å²) in [6.07, 6.45) is 2.41. The average molecular weight is 468 g/mol. The van der Waals surface area contributed by atoms with Crippen molar-refractivity contribution in [3.8, 4) is 5.75 Å². The zero-order valence-corrected chi connectivity index (χ0v) is 19.0. The monoisotopic (exact) mass is 467 g/mol. The van der Waals surface area contributed by atoms with Crippen LogP contribution in [0.5, 0.6) is 5.75 Å². The number of nitrogens with zero attached hydrogens (tertiary/aromatic N) is 2. The summed E-state index contributed by atoms with van der Waals surface area (Å²) in [6.45, 7) is 1.72. The number of rotatable bonds is 6. The number of carbonyl (C=O) groups excluding carboxylic acids is 2. The van der Waals surface area contributed by atoms with Gasteiger partial charge in [-0.25, -0.2) is 4.39 Å². The van der Waals surface area contributed by atoms with Gasteiger partial charge in [-0.2, -0.15) is 0 Å². The number of hydrogen-bond acceptors (Lipinski definition) is 4. The van der Waals surface area contributed by atoms with Crippen molar-refractivity contribution < 1.29 is 18.7 Å². The Morgan fingerprint density at radius 2 is 2.03 bits per heavy atom. The molecule has 170 valence electrons. The van der Waals surface area contributed by atoms with E-state index in [9.17, 15) is 14.0 Å². The van der Waals surface area contributed by atoms with Crippen LogP contribution in [0.25, 0.3) is 0 Å². The molecular weight excluding hydrogens is 445 g/mol. The molecule has 2 aromatic carbocycles. The maximum Gasteiger partial charge on any atom is 0.257 e. The fraction of sp³-hybridized carbons (Fsp3) is 0.240. The zero-order valence-electron chi connectivity index (χ0n) is 18.2. The highest BCUT2D eigenvalue weighted by atomic mass is 35.5. The van der Waals surface area contributed by atoms with Gasteiger partial charge in [-0.05, 0) is 72.9 Å². The van der Waals surface area contributed by atoms with Crippen LogP contribution < -0.4 is 10.5 Å². The van der Waals surface area contributed by atoms with Crippen LogP contribution in [0.3, 0.4) is 0 Å². The predicted molar refractivity (Wildman–Crippen MR) is 123 cm³/mol. The standard InChI is InChI=1S/C25H23ClFN3O3/c1-14-18(7-4-10-29-14)25(32)30(22-9-8-19-20(22)12-16(26)13-21(19)27)23(24(28)31)15-5-3-6-17(11-15)33-2/h3-7,10-13,22-23H,8-9H2,1-2H3,(H2,28,31)/t22-,23-/m1/s1. The summed E-state index contributed by atoms with van der Waals surface area (Å²) >= 11 is 6.16. The SMILES string of the molecule is COc1cccc([C@H](C(N)=O)N(C(=O)c2cccnc2C)[C@@H]2CCc3c(F)cc(Cl)cc32)c1. The maximum absolute atomic E-state index is 14.7. The van der Waals surface area contributed by atoms with Crippen LogP contribution in [-0.2, 0) is 11.2 Å². The molecule has 8 heteroatoms. The molecule has 1 aliphatic rings. The number of aromatic nitrogens is 1. The summed E-state index contributed by atoms with van der Waals surface area (Å²) in [5, 5.41) is 0.222. The zero-order chi connectivity index (χ0) is 23.7. The number of methoxy groups -OCH3 is 1. The van der Waals surface area contributed by atoms with E-state index < -0.39 is 29.7 Å². The summed E-state index contributed by atoms with van der Waals surface area (Å²) in [6, 6.07) is 11.3. The predicted octanol–water partition coefficient (Wildman–Crippen LogP) is 4.55. The lowest BCUT2D eigenvalue weighted by molar-refractivity contribution is -0.123. The fourth-order valence-corrected chi connectivity index (χ4v) is 4.68. The van der Waals surface area contributed by atoms with Gasteiger partial charge in [0.15, 0.2) is 0 Å². The summed E-state index contributed by atoms with van der Waals surface area (Å²) in [7, 11) is 1.51. The van der Waals surface area contributed by atoms with Crippen LogP contribution in [0, 0.1) is 12.7 Å². The van der Waals surface area contributed by atoms with Crippen molar-refractivity contribution in [3.63, 3.8) is 0 Å². The van der Waals surface area contributed by atoms with Crippen LogP contribution in [0.1, 0.15) is 51.2 Å². The Labute approximate surface area is 196 Å². The number of primary amides is 1. The highest BCUT2D eigenvalue weighted by Gasteiger charge is 2.40. The average Bonchev–Trinajstić information content (AvgIpc) is 3.20. The topological polar surface area (TPSA) is 85.5 Å². The number of halogens is 2. The molecule has 3 aromatic rings. The first-order valence-electron chi connectivity index (χ1n) is 10.5. The van der Waals surface area contributed by atoms with Gasteiger partial charge in [0, 0.05) is 16.9 Å². The second-order valence-corrected chi connectivity index (χ2v) is 8.38. The molecule has 6 nitrogen and oxygen atoms in total. The summed E-state index contributed by atoms with van der Waals surface area (Å²) in [5.74, 6) is -1.05. The Bertz CT molecular complexity index is 1230. The highest BCUT2D eigenvalue weighted by molar-refractivity contribution is 6.30. The Morgan fingerprint density at radius 3 is 2.73 bits per heavy atom. The van der Waals surface area contributed by atoms with Crippen molar-refractivity contribution in [2.24, 2.45) is 5.73 Å². The molecule has 0 aliphatic heterocycles. The van der Waals surface area contributed by atoms with E-state index >= 15 is 0 Å². The summed E-state index contributed by atoms with van der Waals surface area (Å²) in [4.78, 5) is 32.4. The van der Waals surface area contributed by atoms with E-state index in [2.05, 4.69) is 4.98 Å². The van der Waals surface area contributed by atoms with Crippen LogP contribution in [-0.4, -0.2) is 28.8 Å². The molecule has 2 atom stereocenters. The van der Waals surface area contributed by atoms with Crippen molar-refractivity contribution in [1.82, 2.24) is 9.88 Å². The van der Waals surface area contributed by atoms with Gasteiger partial charge in [-0.1, -0.05) is 23.7 Å². The van der Waals surface area contributed by atoms with E-state index in [1.165, 1.54) is 18.1 Å². The molecule has 0 radical (unpaired) electrons. The number of amides is 2. The summed E-state index contributed by atoms with van der Waals surface area (Å²) in [5.41, 5.74) is 8.27. The van der Waals surface area contributed by atoms with Gasteiger partial charge in [-0.3, -0.25) is 14.6 Å². The van der Waals surface area contributed by atoms with Gasteiger partial charge in [0.25, 0.3) is 5.91 Å². The van der Waals surface area contributed by atoms with Gasteiger partial charge in [0.05, 0.1) is 18.7 Å². The minimum Gasteiger partial charge on any atom is -0.497 e. The minimum absolute atomic E-state index is 0.222. The van der Waals surface area contributed by atoms with E-state index in [1.54, 1.807) is 55.6 Å². The molecular formula is C25H23ClFN3O3. The van der Waals surface area contributed by atoms with Crippen molar-refractivity contribution >= 4 is 23.4 Å². The number of hydrogen-bond donors (Lipinski definition) is 1. The highest BCUT2D eigenvalue weighted by Crippen LogP contribution is 2.43.